The number of ether oxygens (including phenoxy) is 1. The summed E-state index contributed by atoms with van der Waals surface area (Å²) in [6.07, 6.45) is 0. The molecule has 0 bridgehead atoms. The molecule has 0 spiro atoms. The maximum absolute atomic E-state index is 10.9. The van der Waals surface area contributed by atoms with Crippen LogP contribution in [0.5, 0.6) is 5.88 Å². The summed E-state index contributed by atoms with van der Waals surface area (Å²) in [6.45, 7) is 0. The Morgan fingerprint density at radius 3 is 2.91 bits per heavy atom. The molecular formula is C6H9N3O2. The van der Waals surface area contributed by atoms with E-state index in [4.69, 9.17) is 10.5 Å². The van der Waals surface area contributed by atoms with E-state index in [0.29, 0.717) is 5.88 Å². The molecule has 11 heavy (non-hydrogen) atoms. The monoisotopic (exact) mass is 155 g/mol. The van der Waals surface area contributed by atoms with E-state index < -0.39 is 5.69 Å². The summed E-state index contributed by atoms with van der Waals surface area (Å²) in [5, 5.41) is 0. The van der Waals surface area contributed by atoms with Gasteiger partial charge in [0.25, 0.3) is 0 Å². The lowest BCUT2D eigenvalue weighted by molar-refractivity contribution is 0.374. The van der Waals surface area contributed by atoms with Gasteiger partial charge in [0.1, 0.15) is 5.82 Å². The average molecular weight is 155 g/mol. The predicted molar refractivity (Wildman–Crippen MR) is 40.4 cm³/mol. The fraction of sp³-hybridized carbons (Fsp3) is 0.333. The van der Waals surface area contributed by atoms with E-state index in [9.17, 15) is 4.79 Å². The molecule has 60 valence electrons. The lowest BCUT2D eigenvalue weighted by atomic mass is 10.5. The lowest BCUT2D eigenvalue weighted by Crippen LogP contribution is -2.22. The number of methoxy groups -OCH3 is 1. The van der Waals surface area contributed by atoms with Crippen LogP contribution in [-0.4, -0.2) is 16.7 Å². The second-order valence-electron chi connectivity index (χ2n) is 2.06. The van der Waals surface area contributed by atoms with Gasteiger partial charge in [-0.1, -0.05) is 0 Å². The van der Waals surface area contributed by atoms with Crippen LogP contribution in [0.2, 0.25) is 0 Å². The number of aromatic nitrogens is 2. The molecule has 0 fully saturated rings. The molecule has 0 saturated carbocycles. The minimum atomic E-state index is -0.415. The fourth-order valence-electron chi connectivity index (χ4n) is 0.731. The van der Waals surface area contributed by atoms with Crippen LogP contribution < -0.4 is 16.2 Å². The minimum absolute atomic E-state index is 0.171. The van der Waals surface area contributed by atoms with E-state index in [1.54, 1.807) is 7.05 Å². The summed E-state index contributed by atoms with van der Waals surface area (Å²) in [4.78, 5) is 14.4. The molecule has 1 aromatic heterocycles. The van der Waals surface area contributed by atoms with Crippen LogP contribution in [0.1, 0.15) is 0 Å². The van der Waals surface area contributed by atoms with Crippen LogP contribution in [0.3, 0.4) is 0 Å². The molecule has 0 amide bonds. The highest BCUT2D eigenvalue weighted by Gasteiger charge is 2.00. The molecule has 1 rings (SSSR count). The summed E-state index contributed by atoms with van der Waals surface area (Å²) >= 11 is 0. The van der Waals surface area contributed by atoms with Crippen molar-refractivity contribution in [3.05, 3.63) is 16.6 Å². The quantitative estimate of drug-likeness (QED) is 0.586. The Hall–Kier alpha value is -1.52. The summed E-state index contributed by atoms with van der Waals surface area (Å²) < 4.78 is 6.12. The smallest absolute Gasteiger partial charge is 0.352 e. The normalized spacial score (nSPS) is 9.64. The second-order valence-corrected chi connectivity index (χ2v) is 2.06. The Balaban J connectivity index is 3.36. The van der Waals surface area contributed by atoms with Gasteiger partial charge in [-0.2, -0.15) is 4.98 Å². The molecular weight excluding hydrogens is 146 g/mol. The number of nitrogens with zero attached hydrogens (tertiary/aromatic N) is 2. The van der Waals surface area contributed by atoms with Gasteiger partial charge < -0.3 is 10.5 Å². The predicted octanol–water partition coefficient (Wildman–Crippen LogP) is -0.629. The highest BCUT2D eigenvalue weighted by atomic mass is 16.5. The topological polar surface area (TPSA) is 70.1 Å². The summed E-state index contributed by atoms with van der Waals surface area (Å²) in [6, 6.07) is 1.49. The first kappa shape index (κ1) is 7.59. The van der Waals surface area contributed by atoms with Crippen LogP contribution in [0, 0.1) is 0 Å². The van der Waals surface area contributed by atoms with Gasteiger partial charge in [-0.05, 0) is 0 Å². The third-order valence-electron chi connectivity index (χ3n) is 1.32. The van der Waals surface area contributed by atoms with Crippen molar-refractivity contribution in [3.8, 4) is 5.88 Å². The Morgan fingerprint density at radius 2 is 2.36 bits per heavy atom. The lowest BCUT2D eigenvalue weighted by Gasteiger charge is -2.04. The first-order chi connectivity index (χ1) is 5.15. The molecule has 0 aliphatic heterocycles. The fourth-order valence-corrected chi connectivity index (χ4v) is 0.731. The molecule has 0 unspecified atom stereocenters. The van der Waals surface area contributed by atoms with Crippen molar-refractivity contribution in [2.45, 2.75) is 0 Å². The van der Waals surface area contributed by atoms with Crippen LogP contribution in [0.25, 0.3) is 0 Å². The first-order valence-corrected chi connectivity index (χ1v) is 3.02. The zero-order valence-electron chi connectivity index (χ0n) is 6.37. The van der Waals surface area contributed by atoms with Crippen LogP contribution >= 0.6 is 0 Å². The molecule has 1 heterocycles. The Kier molecular flexibility index (Phi) is 1.80. The summed E-state index contributed by atoms with van der Waals surface area (Å²) in [5.41, 5.74) is 4.88. The first-order valence-electron chi connectivity index (χ1n) is 3.02. The zero-order chi connectivity index (χ0) is 8.43. The Labute approximate surface area is 63.4 Å². The molecule has 0 aliphatic rings. The van der Waals surface area contributed by atoms with E-state index in [2.05, 4.69) is 4.98 Å². The van der Waals surface area contributed by atoms with Gasteiger partial charge in [-0.3, -0.25) is 4.57 Å². The van der Waals surface area contributed by atoms with Crippen molar-refractivity contribution in [1.29, 1.82) is 0 Å². The van der Waals surface area contributed by atoms with Gasteiger partial charge in [0.2, 0.25) is 5.88 Å². The largest absolute Gasteiger partial charge is 0.482 e. The summed E-state index contributed by atoms with van der Waals surface area (Å²) in [5.74, 6) is 0.576. The SMILES string of the molecule is COc1cc(N)nc(=O)n1C. The van der Waals surface area contributed by atoms with Gasteiger partial charge in [0.15, 0.2) is 0 Å². The molecule has 0 saturated heterocycles. The molecule has 0 aromatic carbocycles. The van der Waals surface area contributed by atoms with Gasteiger partial charge in [0, 0.05) is 13.1 Å². The maximum atomic E-state index is 10.9. The molecule has 1 aromatic rings. The average Bonchev–Trinajstić information content (AvgIpc) is 1.96. The maximum Gasteiger partial charge on any atom is 0.352 e. The van der Waals surface area contributed by atoms with Crippen molar-refractivity contribution in [2.24, 2.45) is 7.05 Å². The zero-order valence-corrected chi connectivity index (χ0v) is 6.37. The molecule has 0 aliphatic carbocycles. The number of rotatable bonds is 1. The standard InChI is InChI=1S/C6H9N3O2/c1-9-5(11-2)3-4(7)8-6(9)10/h3H,1-2H3,(H2,7,8,10). The molecule has 0 radical (unpaired) electrons. The van der Waals surface area contributed by atoms with E-state index in [0.717, 1.165) is 0 Å². The van der Waals surface area contributed by atoms with Crippen molar-refractivity contribution in [3.63, 3.8) is 0 Å². The van der Waals surface area contributed by atoms with E-state index in [1.807, 2.05) is 0 Å². The minimum Gasteiger partial charge on any atom is -0.482 e. The number of hydrogen-bond donors (Lipinski definition) is 1. The second kappa shape index (κ2) is 2.61. The van der Waals surface area contributed by atoms with Crippen molar-refractivity contribution < 1.29 is 4.74 Å². The van der Waals surface area contributed by atoms with E-state index in [-0.39, 0.29) is 5.82 Å². The van der Waals surface area contributed by atoms with Crippen LogP contribution in [0.4, 0.5) is 5.82 Å². The van der Waals surface area contributed by atoms with E-state index in [1.165, 1.54) is 17.7 Å². The number of hydrogen-bond acceptors (Lipinski definition) is 4. The van der Waals surface area contributed by atoms with Crippen molar-refractivity contribution in [1.82, 2.24) is 9.55 Å². The Morgan fingerprint density at radius 1 is 1.73 bits per heavy atom. The van der Waals surface area contributed by atoms with Crippen LogP contribution in [0.15, 0.2) is 10.9 Å². The third-order valence-corrected chi connectivity index (χ3v) is 1.32. The van der Waals surface area contributed by atoms with Crippen molar-refractivity contribution >= 4 is 5.82 Å². The van der Waals surface area contributed by atoms with Gasteiger partial charge in [-0.15, -0.1) is 0 Å². The highest BCUT2D eigenvalue weighted by molar-refractivity contribution is 5.31. The van der Waals surface area contributed by atoms with Gasteiger partial charge in [-0.25, -0.2) is 4.79 Å². The highest BCUT2D eigenvalue weighted by Crippen LogP contribution is 2.06. The Bertz CT molecular complexity index is 318. The molecule has 5 heteroatoms. The third kappa shape index (κ3) is 1.31. The molecule has 5 nitrogen and oxygen atoms in total. The number of nitrogens with two attached hydrogens (primary N) is 1. The van der Waals surface area contributed by atoms with E-state index >= 15 is 0 Å². The van der Waals surface area contributed by atoms with Gasteiger partial charge in [0.05, 0.1) is 7.11 Å². The van der Waals surface area contributed by atoms with Crippen LogP contribution in [-0.2, 0) is 7.05 Å². The summed E-state index contributed by atoms with van der Waals surface area (Å²) in [7, 11) is 3.03. The van der Waals surface area contributed by atoms with Crippen molar-refractivity contribution in [2.75, 3.05) is 12.8 Å². The molecule has 2 N–H and O–H groups in total. The molecule has 0 atom stereocenters. The number of nitrogen functional groups attached to an aromatic ring is 1. The van der Waals surface area contributed by atoms with Gasteiger partial charge >= 0.3 is 5.69 Å². The number of anilines is 1.